The zero-order valence-corrected chi connectivity index (χ0v) is 13.6. The Bertz CT molecular complexity index is 825. The molecule has 1 aromatic heterocycles. The molecule has 0 N–H and O–H groups in total. The van der Waals surface area contributed by atoms with E-state index in [-0.39, 0.29) is 6.10 Å². The van der Waals surface area contributed by atoms with Crippen LogP contribution in [0.4, 0.5) is 0 Å². The Morgan fingerprint density at radius 1 is 0.917 bits per heavy atom. The van der Waals surface area contributed by atoms with Crippen molar-refractivity contribution in [1.29, 1.82) is 0 Å². The van der Waals surface area contributed by atoms with Crippen molar-refractivity contribution in [3.8, 4) is 0 Å². The summed E-state index contributed by atoms with van der Waals surface area (Å²) in [5.41, 5.74) is 1.81. The second kappa shape index (κ2) is 6.00. The molecular formula is C21H19NO2. The van der Waals surface area contributed by atoms with Crippen LogP contribution in [0.2, 0.25) is 0 Å². The van der Waals surface area contributed by atoms with Gasteiger partial charge in [-0.25, -0.2) is 4.99 Å². The van der Waals surface area contributed by atoms with Gasteiger partial charge in [0.2, 0.25) is 5.90 Å². The smallest absolute Gasteiger partial charge is 0.217 e. The number of hydrogen-bond donors (Lipinski definition) is 0. The maximum Gasteiger partial charge on any atom is 0.217 e. The summed E-state index contributed by atoms with van der Waals surface area (Å²) in [5.74, 6) is 1.48. The van der Waals surface area contributed by atoms with Crippen LogP contribution in [-0.2, 0) is 11.2 Å². The zero-order valence-electron chi connectivity index (χ0n) is 13.6. The molecule has 0 amide bonds. The molecule has 0 aliphatic carbocycles. The third-order valence-corrected chi connectivity index (χ3v) is 4.38. The first-order chi connectivity index (χ1) is 11.7. The first kappa shape index (κ1) is 14.8. The molecule has 120 valence electrons. The second-order valence-corrected chi connectivity index (χ2v) is 6.32. The van der Waals surface area contributed by atoms with Gasteiger partial charge in [0.1, 0.15) is 11.3 Å². The molecule has 1 aliphatic heterocycles. The van der Waals surface area contributed by atoms with Crippen molar-refractivity contribution in [2.45, 2.75) is 25.0 Å². The van der Waals surface area contributed by atoms with E-state index >= 15 is 0 Å². The summed E-state index contributed by atoms with van der Waals surface area (Å²) < 4.78 is 11.9. The lowest BCUT2D eigenvalue weighted by molar-refractivity contribution is 0.122. The summed E-state index contributed by atoms with van der Waals surface area (Å²) in [4.78, 5) is 4.96. The quantitative estimate of drug-likeness (QED) is 0.693. The SMILES string of the molecule is C[C@@]1(Cc2ccccc2)N=C(c2ccccc2)O[C@H]1c1ccco1. The minimum Gasteiger partial charge on any atom is -0.465 e. The molecule has 0 fully saturated rings. The Kier molecular flexibility index (Phi) is 3.69. The van der Waals surface area contributed by atoms with Crippen LogP contribution in [0.1, 0.15) is 29.9 Å². The molecule has 24 heavy (non-hydrogen) atoms. The van der Waals surface area contributed by atoms with E-state index in [0.717, 1.165) is 17.7 Å². The lowest BCUT2D eigenvalue weighted by Gasteiger charge is -2.26. The second-order valence-electron chi connectivity index (χ2n) is 6.32. The first-order valence-electron chi connectivity index (χ1n) is 8.14. The van der Waals surface area contributed by atoms with Gasteiger partial charge in [-0.15, -0.1) is 0 Å². The van der Waals surface area contributed by atoms with Gasteiger partial charge >= 0.3 is 0 Å². The van der Waals surface area contributed by atoms with Crippen LogP contribution < -0.4 is 0 Å². The Labute approximate surface area is 141 Å². The summed E-state index contributed by atoms with van der Waals surface area (Å²) in [6.45, 7) is 2.13. The van der Waals surface area contributed by atoms with Crippen LogP contribution in [0.25, 0.3) is 0 Å². The van der Waals surface area contributed by atoms with Crippen molar-refractivity contribution in [3.63, 3.8) is 0 Å². The van der Waals surface area contributed by atoms with Gasteiger partial charge in [0.05, 0.1) is 6.26 Å². The van der Waals surface area contributed by atoms with Crippen LogP contribution in [0.3, 0.4) is 0 Å². The fourth-order valence-corrected chi connectivity index (χ4v) is 3.22. The Morgan fingerprint density at radius 3 is 2.29 bits per heavy atom. The summed E-state index contributed by atoms with van der Waals surface area (Å²) in [7, 11) is 0. The number of ether oxygens (including phenoxy) is 1. The number of hydrogen-bond acceptors (Lipinski definition) is 3. The number of benzene rings is 2. The standard InChI is InChI=1S/C21H19NO2/c1-21(15-16-9-4-2-5-10-16)19(18-13-8-14-23-18)24-20(22-21)17-11-6-3-7-12-17/h2-14,19H,15H2,1H3/t19-,21-/m0/s1. The Morgan fingerprint density at radius 2 is 1.62 bits per heavy atom. The molecule has 4 rings (SSSR count). The van der Waals surface area contributed by atoms with Crippen molar-refractivity contribution in [3.05, 3.63) is 95.9 Å². The molecule has 0 saturated heterocycles. The third kappa shape index (κ3) is 2.73. The lowest BCUT2D eigenvalue weighted by atomic mass is 9.87. The monoisotopic (exact) mass is 317 g/mol. The van der Waals surface area contributed by atoms with Gasteiger partial charge in [-0.1, -0.05) is 48.5 Å². The van der Waals surface area contributed by atoms with E-state index in [0.29, 0.717) is 5.90 Å². The Hall–Kier alpha value is -2.81. The van der Waals surface area contributed by atoms with E-state index in [1.807, 2.05) is 48.5 Å². The average molecular weight is 317 g/mol. The van der Waals surface area contributed by atoms with Gasteiger partial charge in [0.25, 0.3) is 0 Å². The first-order valence-corrected chi connectivity index (χ1v) is 8.14. The normalized spacial score (nSPS) is 22.9. The maximum absolute atomic E-state index is 6.24. The molecule has 0 radical (unpaired) electrons. The van der Waals surface area contributed by atoms with E-state index in [1.54, 1.807) is 6.26 Å². The predicted molar refractivity (Wildman–Crippen MR) is 94.1 cm³/mol. The van der Waals surface area contributed by atoms with Crippen molar-refractivity contribution in [2.75, 3.05) is 0 Å². The number of nitrogens with zero attached hydrogens (tertiary/aromatic N) is 1. The highest BCUT2D eigenvalue weighted by molar-refractivity contribution is 5.95. The van der Waals surface area contributed by atoms with Crippen molar-refractivity contribution >= 4 is 5.90 Å². The molecular weight excluding hydrogens is 298 g/mol. The van der Waals surface area contributed by atoms with E-state index in [9.17, 15) is 0 Å². The van der Waals surface area contributed by atoms with E-state index in [4.69, 9.17) is 14.1 Å². The Balaban J connectivity index is 1.72. The molecule has 2 aromatic carbocycles. The van der Waals surface area contributed by atoms with Crippen molar-refractivity contribution < 1.29 is 9.15 Å². The molecule has 0 bridgehead atoms. The van der Waals surface area contributed by atoms with E-state index in [1.165, 1.54) is 5.56 Å². The van der Waals surface area contributed by atoms with Crippen molar-refractivity contribution in [1.82, 2.24) is 0 Å². The molecule has 0 unspecified atom stereocenters. The van der Waals surface area contributed by atoms with Gasteiger partial charge < -0.3 is 9.15 Å². The van der Waals surface area contributed by atoms with Gasteiger partial charge in [-0.05, 0) is 36.8 Å². The topological polar surface area (TPSA) is 34.7 Å². The zero-order chi connectivity index (χ0) is 16.4. The van der Waals surface area contributed by atoms with Gasteiger partial charge in [-0.2, -0.15) is 0 Å². The van der Waals surface area contributed by atoms with Gasteiger partial charge in [0, 0.05) is 12.0 Å². The van der Waals surface area contributed by atoms with E-state index < -0.39 is 5.54 Å². The minimum absolute atomic E-state index is 0.233. The van der Waals surface area contributed by atoms with Crippen LogP contribution in [0, 0.1) is 0 Å². The molecule has 3 aromatic rings. The molecule has 3 heteroatoms. The third-order valence-electron chi connectivity index (χ3n) is 4.38. The number of aliphatic imine (C=N–C) groups is 1. The van der Waals surface area contributed by atoms with E-state index in [2.05, 4.69) is 31.2 Å². The summed E-state index contributed by atoms with van der Waals surface area (Å²) in [5, 5.41) is 0. The summed E-state index contributed by atoms with van der Waals surface area (Å²) >= 11 is 0. The van der Waals surface area contributed by atoms with Crippen molar-refractivity contribution in [2.24, 2.45) is 4.99 Å². The van der Waals surface area contributed by atoms with Crippen LogP contribution in [0.15, 0.2) is 88.5 Å². The molecule has 0 spiro atoms. The fourth-order valence-electron chi connectivity index (χ4n) is 3.22. The summed E-state index contributed by atoms with van der Waals surface area (Å²) in [6.07, 6.45) is 2.24. The van der Waals surface area contributed by atoms with Crippen LogP contribution >= 0.6 is 0 Å². The largest absolute Gasteiger partial charge is 0.465 e. The molecule has 2 heterocycles. The highest BCUT2D eigenvalue weighted by Crippen LogP contribution is 2.41. The highest BCUT2D eigenvalue weighted by atomic mass is 16.5. The molecule has 3 nitrogen and oxygen atoms in total. The molecule has 2 atom stereocenters. The molecule has 1 aliphatic rings. The van der Waals surface area contributed by atoms with Gasteiger partial charge in [-0.3, -0.25) is 0 Å². The number of rotatable bonds is 4. The van der Waals surface area contributed by atoms with Gasteiger partial charge in [0.15, 0.2) is 6.10 Å². The summed E-state index contributed by atoms with van der Waals surface area (Å²) in [6, 6.07) is 24.3. The average Bonchev–Trinajstić information content (AvgIpc) is 3.24. The minimum atomic E-state index is -0.412. The van der Waals surface area contributed by atoms with Crippen LogP contribution in [0.5, 0.6) is 0 Å². The van der Waals surface area contributed by atoms with Crippen LogP contribution in [-0.4, -0.2) is 11.4 Å². The maximum atomic E-state index is 6.24. The number of furan rings is 1. The fraction of sp³-hybridized carbons (Fsp3) is 0.190. The molecule has 0 saturated carbocycles. The lowest BCUT2D eigenvalue weighted by Crippen LogP contribution is -2.30. The highest BCUT2D eigenvalue weighted by Gasteiger charge is 2.45. The predicted octanol–water partition coefficient (Wildman–Crippen LogP) is 4.80.